The van der Waals surface area contributed by atoms with Crippen LogP contribution in [0.2, 0.25) is 0 Å². The van der Waals surface area contributed by atoms with Crippen LogP contribution in [0.3, 0.4) is 0 Å². The number of hydrogen-bond donors (Lipinski definition) is 7. The Morgan fingerprint density at radius 3 is 1.21 bits per heavy atom. The molecule has 0 radical (unpaired) electrons. The summed E-state index contributed by atoms with van der Waals surface area (Å²) in [6.45, 7) is 2.98. The number of aliphatic hydroxyl groups excluding tert-OH is 4. The van der Waals surface area contributed by atoms with E-state index < -0.39 is 83.5 Å². The molecule has 0 aliphatic heterocycles. The molecule has 1 saturated carbocycles. The Labute approximate surface area is 433 Å². The molecule has 0 amide bonds. The number of unbranched alkanes of at least 4 members (excludes halogenated alkanes) is 22. The average Bonchev–Trinajstić information content (AvgIpc) is 3.23. The third-order valence-electron chi connectivity index (χ3n) is 11.0. The van der Waals surface area contributed by atoms with Crippen LogP contribution in [-0.4, -0.2) is 93.2 Å². The van der Waals surface area contributed by atoms with Gasteiger partial charge in [-0.2, -0.15) is 0 Å². The summed E-state index contributed by atoms with van der Waals surface area (Å²) in [6.07, 6.45) is 22.0. The van der Waals surface area contributed by atoms with Crippen LogP contribution in [0, 0.1) is 0 Å². The Morgan fingerprint density at radius 1 is 0.493 bits per heavy atom. The van der Waals surface area contributed by atoms with Crippen molar-refractivity contribution < 1.29 is 76.9 Å². The summed E-state index contributed by atoms with van der Waals surface area (Å²) in [5.74, 6) is -1.27. The molecule has 6 unspecified atom stereocenters. The van der Waals surface area contributed by atoms with E-state index in [0.29, 0.717) is 12.8 Å². The van der Waals surface area contributed by atoms with Crippen molar-refractivity contribution in [3.8, 4) is 0 Å². The van der Waals surface area contributed by atoms with E-state index in [4.69, 9.17) is 23.4 Å². The number of rotatable bonds is 40. The summed E-state index contributed by atoms with van der Waals surface area (Å²) < 4.78 is 48.7. The van der Waals surface area contributed by atoms with Gasteiger partial charge in [-0.25, -0.2) is 0 Å². The van der Waals surface area contributed by atoms with Crippen LogP contribution in [-0.2, 0) is 41.8 Å². The quantitative estimate of drug-likeness (QED) is 0.0130. The Bertz CT molecular complexity index is 1340. The number of carbonyl (C=O) groups excluding carboxylic acids is 2. The minimum Gasteiger partial charge on any atom is -0.756 e. The van der Waals surface area contributed by atoms with E-state index in [1.165, 1.54) is 77.0 Å². The maximum absolute atomic E-state index is 12.8. The Kier molecular flexibility index (Phi) is 64.6. The molecule has 1 rings (SSSR count). The molecule has 434 valence electrons. The normalized spacial score (nSPS) is 20.3. The molecular weight excluding hydrogens is 959 g/mol. The van der Waals surface area contributed by atoms with Crippen molar-refractivity contribution >= 4 is 27.6 Å². The summed E-state index contributed by atoms with van der Waals surface area (Å²) in [5, 5.41) is 41.0. The van der Waals surface area contributed by atoms with E-state index in [1.54, 1.807) is 0 Å². The van der Waals surface area contributed by atoms with Crippen LogP contribution < -0.4 is 22.1 Å². The third-order valence-corrected chi connectivity index (χ3v) is 12.5. The van der Waals surface area contributed by atoms with Crippen molar-refractivity contribution in [3.63, 3.8) is 0 Å². The monoisotopic (exact) mass is 1070 g/mol. The fourth-order valence-electron chi connectivity index (χ4n) is 7.24. The molecule has 13 N–H and O–H groups in total. The van der Waals surface area contributed by atoms with Crippen molar-refractivity contribution in [2.24, 2.45) is 0 Å². The first-order valence-corrected chi connectivity index (χ1v) is 26.8. The first-order valence-electron chi connectivity index (χ1n) is 23.8. The molecule has 0 aromatic carbocycles. The van der Waals surface area contributed by atoms with Crippen LogP contribution in [0.4, 0.5) is 0 Å². The molecule has 0 bridgehead atoms. The fourth-order valence-corrected chi connectivity index (χ4v) is 8.75. The van der Waals surface area contributed by atoms with Gasteiger partial charge < -0.3 is 70.5 Å². The maximum Gasteiger partial charge on any atom is 0.306 e. The molecule has 1 fully saturated rings. The summed E-state index contributed by atoms with van der Waals surface area (Å²) in [6, 6.07) is 0. The number of phosphoric ester groups is 2. The van der Waals surface area contributed by atoms with Crippen molar-refractivity contribution in [1.29, 1.82) is 0 Å². The first-order chi connectivity index (χ1) is 30.1. The van der Waals surface area contributed by atoms with Crippen LogP contribution in [0.1, 0.15) is 238 Å². The second-order valence-electron chi connectivity index (χ2n) is 16.8. The van der Waals surface area contributed by atoms with Crippen molar-refractivity contribution in [2.75, 3.05) is 13.2 Å². The minimum absolute atomic E-state index is 0. The predicted octanol–water partition coefficient (Wildman–Crippen LogP) is 12.3. The number of phosphoric acid groups is 2. The van der Waals surface area contributed by atoms with Gasteiger partial charge in [0.1, 0.15) is 43.2 Å². The number of allylic oxidation sites excluding steroid dienone is 4. The largest absolute Gasteiger partial charge is 0.756 e. The lowest BCUT2D eigenvalue weighted by Gasteiger charge is -2.45. The molecule has 20 heteroatoms. The number of quaternary nitrogens is 2. The molecule has 1 aliphatic rings. The highest BCUT2D eigenvalue weighted by Crippen LogP contribution is 2.45. The lowest BCUT2D eigenvalue weighted by Crippen LogP contribution is -2.64. The zero-order valence-electron chi connectivity index (χ0n) is 40.2. The van der Waals surface area contributed by atoms with Gasteiger partial charge in [0.05, 0.1) is 6.61 Å². The van der Waals surface area contributed by atoms with Crippen LogP contribution in [0.25, 0.3) is 0 Å². The second-order valence-corrected chi connectivity index (χ2v) is 19.3. The minimum atomic E-state index is -5.63. The number of hydrogen-bond acceptors (Lipinski definition) is 15. The number of ether oxygens (including phenoxy) is 2. The average molecular weight is 1070 g/mol. The highest BCUT2D eigenvalue weighted by atomic mass is 31.2. The SMILES string of the molecule is C.C.C.C.C.C.CCCCCCCC/C=C\CCCCCCCC(=O)OC[C@H](COP(=O)([O-])O[C@H]1C(O)C(O)C(O)[C@@H](OP(=O)([O-])O)C1O)OC(=O)CCCCCCC/C=C\CCCCCCCC.[NH4+].[NH4+]. The molecule has 18 nitrogen and oxygen atoms in total. The topological polar surface area (TPSA) is 335 Å². The lowest BCUT2D eigenvalue weighted by atomic mass is 9.85. The molecule has 0 aromatic heterocycles. The van der Waals surface area contributed by atoms with Crippen molar-refractivity contribution in [1.82, 2.24) is 12.3 Å². The standard InChI is InChI=1S/C45H84O16P2.6CH4.2H3N/c1-3-5-7-9-11-13-15-17-19-21-23-25-27-29-31-33-38(46)57-35-37(59-39(47)34-32-30-28-26-24-22-20-18-16-14-12-10-8-6-4-2)36-58-63(55,56)61-45-42(50)40(48)41(49)44(43(45)51)60-62(52,53)54;;;;;;;;/h17-20,37,40-45,48-51H,3-16,21-36H2,1-2H3,(H,55,56)(H2,52,53,54);6*1H4;2*1H3/b19-17-,20-18-;;;;;;;;/t37-,40?,41?,42?,43?,44-,45+;;;;;;;;/m1......../s1. The first kappa shape index (κ1) is 86.1. The van der Waals surface area contributed by atoms with Gasteiger partial charge in [-0.15, -0.1) is 0 Å². The predicted molar refractivity (Wildman–Crippen MR) is 289 cm³/mol. The third kappa shape index (κ3) is 45.5. The molecule has 0 spiro atoms. The second kappa shape index (κ2) is 53.2. The van der Waals surface area contributed by atoms with E-state index in [0.717, 1.165) is 77.0 Å². The smallest absolute Gasteiger partial charge is 0.306 e. The summed E-state index contributed by atoms with van der Waals surface area (Å²) in [5.41, 5.74) is 0. The number of esters is 2. The van der Waals surface area contributed by atoms with Gasteiger partial charge in [-0.1, -0.05) is 185 Å². The molecule has 0 saturated heterocycles. The highest BCUT2D eigenvalue weighted by Gasteiger charge is 2.52. The van der Waals surface area contributed by atoms with Gasteiger partial charge in [0.25, 0.3) is 15.6 Å². The Morgan fingerprint density at radius 2 is 0.831 bits per heavy atom. The van der Waals surface area contributed by atoms with E-state index in [9.17, 15) is 48.9 Å². The zero-order valence-corrected chi connectivity index (χ0v) is 42.0. The molecule has 71 heavy (non-hydrogen) atoms. The van der Waals surface area contributed by atoms with Gasteiger partial charge in [-0.3, -0.25) is 18.7 Å². The summed E-state index contributed by atoms with van der Waals surface area (Å²) >= 11 is 0. The van der Waals surface area contributed by atoms with E-state index in [2.05, 4.69) is 42.7 Å². The van der Waals surface area contributed by atoms with E-state index in [1.807, 2.05) is 0 Å². The van der Waals surface area contributed by atoms with Crippen LogP contribution in [0.5, 0.6) is 0 Å². The zero-order chi connectivity index (χ0) is 46.8. The molecular formula is C51H114N2O16P2. The number of carbonyl (C=O) groups is 2. The van der Waals surface area contributed by atoms with Gasteiger partial charge in [0.2, 0.25) is 0 Å². The molecule has 0 heterocycles. The highest BCUT2D eigenvalue weighted by molar-refractivity contribution is 7.46. The number of aliphatic hydroxyl groups is 4. The summed E-state index contributed by atoms with van der Waals surface area (Å²) in [7, 11) is -11.2. The van der Waals surface area contributed by atoms with Gasteiger partial charge in [0.15, 0.2) is 6.10 Å². The molecule has 1 aliphatic carbocycles. The van der Waals surface area contributed by atoms with Gasteiger partial charge in [-0.05, 0) is 64.2 Å². The summed E-state index contributed by atoms with van der Waals surface area (Å²) in [4.78, 5) is 58.5. The fraction of sp³-hybridized carbons (Fsp3) is 0.882. The molecule has 0 aromatic rings. The van der Waals surface area contributed by atoms with Crippen molar-refractivity contribution in [3.05, 3.63) is 24.3 Å². The van der Waals surface area contributed by atoms with E-state index >= 15 is 0 Å². The van der Waals surface area contributed by atoms with Crippen molar-refractivity contribution in [2.45, 2.75) is 281 Å². The lowest BCUT2D eigenvalue weighted by molar-refractivity contribution is -0.271. The Hall–Kier alpha value is -1.60. The van der Waals surface area contributed by atoms with Gasteiger partial charge in [0, 0.05) is 12.8 Å². The van der Waals surface area contributed by atoms with E-state index in [-0.39, 0.29) is 69.7 Å². The van der Waals surface area contributed by atoms with Gasteiger partial charge >= 0.3 is 11.9 Å². The molecule has 9 atom stereocenters. The Balaban J connectivity index is -0.000000827. The van der Waals surface area contributed by atoms with Crippen LogP contribution in [0.15, 0.2) is 24.3 Å². The van der Waals surface area contributed by atoms with Crippen LogP contribution >= 0.6 is 15.6 Å². The maximum atomic E-state index is 12.8.